The molecule has 0 saturated heterocycles. The number of carbonyl (C=O) groups is 1. The van der Waals surface area contributed by atoms with Crippen molar-refractivity contribution in [3.05, 3.63) is 53.1 Å². The Kier molecular flexibility index (Phi) is 6.65. The van der Waals surface area contributed by atoms with Crippen LogP contribution in [0.5, 0.6) is 11.5 Å². The molecule has 0 unspecified atom stereocenters. The molecule has 0 spiro atoms. The topological polar surface area (TPSA) is 69.2 Å². The fourth-order valence-corrected chi connectivity index (χ4v) is 2.16. The molecule has 1 N–H and O–H groups in total. The van der Waals surface area contributed by atoms with Crippen LogP contribution in [0.3, 0.4) is 0 Å². The van der Waals surface area contributed by atoms with E-state index in [0.717, 1.165) is 5.56 Å². The summed E-state index contributed by atoms with van der Waals surface area (Å²) in [5.74, 6) is 0.875. The summed E-state index contributed by atoms with van der Waals surface area (Å²) >= 11 is 5.88. The van der Waals surface area contributed by atoms with E-state index in [1.54, 1.807) is 63.6 Å². The molecular weight excluding hydrogens is 344 g/mol. The van der Waals surface area contributed by atoms with E-state index in [1.165, 1.54) is 6.21 Å². The van der Waals surface area contributed by atoms with Crippen LogP contribution >= 0.6 is 11.6 Å². The van der Waals surface area contributed by atoms with Crippen molar-refractivity contribution < 1.29 is 19.1 Å². The lowest BCUT2D eigenvalue weighted by molar-refractivity contribution is -0.126. The van der Waals surface area contributed by atoms with Crippen molar-refractivity contribution in [3.63, 3.8) is 0 Å². The second-order valence-electron chi connectivity index (χ2n) is 5.10. The van der Waals surface area contributed by atoms with E-state index >= 15 is 0 Å². The normalized spacial score (nSPS) is 11.8. The van der Waals surface area contributed by atoms with Crippen LogP contribution in [-0.4, -0.2) is 32.4 Å². The van der Waals surface area contributed by atoms with Crippen LogP contribution in [0, 0.1) is 0 Å². The van der Waals surface area contributed by atoms with E-state index in [4.69, 9.17) is 25.9 Å². The van der Waals surface area contributed by atoms with Gasteiger partial charge >= 0.3 is 0 Å². The predicted octanol–water partition coefficient (Wildman–Crippen LogP) is 3.73. The van der Waals surface area contributed by atoms with Crippen molar-refractivity contribution in [2.45, 2.75) is 13.0 Å². The van der Waals surface area contributed by atoms with Crippen molar-refractivity contribution >= 4 is 29.4 Å². The van der Waals surface area contributed by atoms with Crippen molar-refractivity contribution in [1.29, 1.82) is 0 Å². The Morgan fingerprint density at radius 2 is 1.92 bits per heavy atom. The maximum atomic E-state index is 12.1. The summed E-state index contributed by atoms with van der Waals surface area (Å²) in [6.07, 6.45) is 0.723. The number of oxime groups is 1. The summed E-state index contributed by atoms with van der Waals surface area (Å²) in [4.78, 5) is 17.3. The van der Waals surface area contributed by atoms with Crippen LogP contribution in [0.2, 0.25) is 5.02 Å². The first-order chi connectivity index (χ1) is 12.0. The van der Waals surface area contributed by atoms with Gasteiger partial charge in [-0.3, -0.25) is 4.79 Å². The highest BCUT2D eigenvalue weighted by Crippen LogP contribution is 2.26. The summed E-state index contributed by atoms with van der Waals surface area (Å²) < 4.78 is 10.4. The van der Waals surface area contributed by atoms with Gasteiger partial charge in [0.05, 0.1) is 20.4 Å². The summed E-state index contributed by atoms with van der Waals surface area (Å²) in [7, 11) is 3.12. The van der Waals surface area contributed by atoms with Gasteiger partial charge in [0.1, 0.15) is 0 Å². The molecule has 0 aliphatic carbocycles. The molecule has 2 aromatic rings. The minimum absolute atomic E-state index is 0.327. The average molecular weight is 363 g/mol. The largest absolute Gasteiger partial charge is 0.493 e. The molecule has 0 saturated carbocycles. The smallest absolute Gasteiger partial charge is 0.267 e. The molecule has 0 fully saturated rings. The van der Waals surface area contributed by atoms with Crippen LogP contribution in [0.15, 0.2) is 47.6 Å². The van der Waals surface area contributed by atoms with E-state index in [-0.39, 0.29) is 5.91 Å². The molecule has 2 aromatic carbocycles. The molecule has 0 aliphatic rings. The molecule has 7 heteroatoms. The number of anilines is 1. The number of benzene rings is 2. The lowest BCUT2D eigenvalue weighted by Gasteiger charge is -2.11. The van der Waals surface area contributed by atoms with E-state index in [2.05, 4.69) is 10.5 Å². The second-order valence-corrected chi connectivity index (χ2v) is 5.53. The van der Waals surface area contributed by atoms with Gasteiger partial charge < -0.3 is 19.6 Å². The zero-order chi connectivity index (χ0) is 18.2. The Morgan fingerprint density at radius 3 is 2.60 bits per heavy atom. The zero-order valence-corrected chi connectivity index (χ0v) is 14.9. The van der Waals surface area contributed by atoms with Gasteiger partial charge in [-0.1, -0.05) is 22.8 Å². The highest BCUT2D eigenvalue weighted by atomic mass is 35.5. The number of methoxy groups -OCH3 is 2. The number of hydrogen-bond acceptors (Lipinski definition) is 5. The molecule has 6 nitrogen and oxygen atoms in total. The van der Waals surface area contributed by atoms with E-state index < -0.39 is 6.10 Å². The van der Waals surface area contributed by atoms with Gasteiger partial charge in [0.25, 0.3) is 5.91 Å². The number of nitrogens with one attached hydrogen (secondary N) is 1. The minimum Gasteiger partial charge on any atom is -0.493 e. The monoisotopic (exact) mass is 362 g/mol. The average Bonchev–Trinajstić information content (AvgIpc) is 2.61. The number of amides is 1. The second kappa shape index (κ2) is 8.94. The van der Waals surface area contributed by atoms with E-state index in [0.29, 0.717) is 22.2 Å². The first-order valence-electron chi connectivity index (χ1n) is 7.51. The highest BCUT2D eigenvalue weighted by Gasteiger charge is 2.14. The number of carbonyl (C=O) groups excluding carboxylic acids is 1. The molecule has 0 aliphatic heterocycles. The maximum absolute atomic E-state index is 12.1. The SMILES string of the molecule is COc1ccc(/C=N\O[C@@H](C)C(=O)Nc2cccc(Cl)c2)cc1OC. The van der Waals surface area contributed by atoms with Gasteiger partial charge in [0.2, 0.25) is 6.10 Å². The van der Waals surface area contributed by atoms with Crippen LogP contribution in [0.4, 0.5) is 5.69 Å². The number of hydrogen-bond donors (Lipinski definition) is 1. The van der Waals surface area contributed by atoms with E-state index in [9.17, 15) is 4.79 Å². The van der Waals surface area contributed by atoms with Gasteiger partial charge in [-0.25, -0.2) is 0 Å². The molecule has 1 amide bonds. The lowest BCUT2D eigenvalue weighted by atomic mass is 10.2. The molecular formula is C18H19ClN2O4. The lowest BCUT2D eigenvalue weighted by Crippen LogP contribution is -2.26. The van der Waals surface area contributed by atoms with Crippen LogP contribution in [-0.2, 0) is 9.63 Å². The van der Waals surface area contributed by atoms with Gasteiger partial charge in [-0.15, -0.1) is 0 Å². The predicted molar refractivity (Wildman–Crippen MR) is 97.8 cm³/mol. The van der Waals surface area contributed by atoms with E-state index in [1.807, 2.05) is 0 Å². The van der Waals surface area contributed by atoms with Crippen molar-refractivity contribution in [1.82, 2.24) is 0 Å². The van der Waals surface area contributed by atoms with Gasteiger partial charge in [0.15, 0.2) is 11.5 Å². The van der Waals surface area contributed by atoms with Crippen LogP contribution < -0.4 is 14.8 Å². The Bertz CT molecular complexity index is 764. The molecule has 0 bridgehead atoms. The van der Waals surface area contributed by atoms with Gasteiger partial charge in [-0.2, -0.15) is 0 Å². The summed E-state index contributed by atoms with van der Waals surface area (Å²) in [5.41, 5.74) is 1.34. The fraction of sp³-hybridized carbons (Fsp3) is 0.222. The third-order valence-corrected chi connectivity index (χ3v) is 3.52. The minimum atomic E-state index is -0.768. The quantitative estimate of drug-likeness (QED) is 0.601. The first-order valence-corrected chi connectivity index (χ1v) is 7.89. The van der Waals surface area contributed by atoms with Crippen molar-refractivity contribution in [2.75, 3.05) is 19.5 Å². The number of halogens is 1. The van der Waals surface area contributed by atoms with Crippen LogP contribution in [0.1, 0.15) is 12.5 Å². The first kappa shape index (κ1) is 18.6. The van der Waals surface area contributed by atoms with Gasteiger partial charge in [0, 0.05) is 16.3 Å². The maximum Gasteiger partial charge on any atom is 0.267 e. The molecule has 0 heterocycles. The number of ether oxygens (including phenoxy) is 2. The summed E-state index contributed by atoms with van der Waals surface area (Å²) in [6.45, 7) is 1.60. The molecule has 132 valence electrons. The Labute approximate surface area is 151 Å². The number of nitrogens with zero attached hydrogens (tertiary/aromatic N) is 1. The van der Waals surface area contributed by atoms with Crippen molar-refractivity contribution in [2.24, 2.45) is 5.16 Å². The van der Waals surface area contributed by atoms with Gasteiger partial charge in [-0.05, 0) is 43.3 Å². The molecule has 25 heavy (non-hydrogen) atoms. The standard InChI is InChI=1S/C18H19ClN2O4/c1-12(18(22)21-15-6-4-5-14(19)10-15)25-20-11-13-7-8-16(23-2)17(9-13)24-3/h4-12H,1-3H3,(H,21,22)/b20-11-/t12-/m0/s1. The third kappa shape index (κ3) is 5.39. The Morgan fingerprint density at radius 1 is 1.16 bits per heavy atom. The highest BCUT2D eigenvalue weighted by molar-refractivity contribution is 6.30. The summed E-state index contributed by atoms with van der Waals surface area (Å²) in [6, 6.07) is 12.2. The Hall–Kier alpha value is -2.73. The fourth-order valence-electron chi connectivity index (χ4n) is 1.97. The third-order valence-electron chi connectivity index (χ3n) is 3.29. The molecule has 2 rings (SSSR count). The van der Waals surface area contributed by atoms with Crippen LogP contribution in [0.25, 0.3) is 0 Å². The molecule has 0 aromatic heterocycles. The Balaban J connectivity index is 1.93. The van der Waals surface area contributed by atoms with Crippen molar-refractivity contribution in [3.8, 4) is 11.5 Å². The zero-order valence-electron chi connectivity index (χ0n) is 14.2. The molecule has 0 radical (unpaired) electrons. The number of rotatable bonds is 7. The molecule has 1 atom stereocenters. The summed E-state index contributed by atoms with van der Waals surface area (Å²) in [5, 5.41) is 7.09.